The highest BCUT2D eigenvalue weighted by atomic mass is 35.5. The van der Waals surface area contributed by atoms with E-state index in [9.17, 15) is 9.18 Å². The fraction of sp³-hybridized carbons (Fsp3) is 0. The van der Waals surface area contributed by atoms with Crippen LogP contribution in [0.2, 0.25) is 5.02 Å². The minimum absolute atomic E-state index is 0.164. The van der Waals surface area contributed by atoms with Crippen molar-refractivity contribution in [3.63, 3.8) is 0 Å². The molecule has 0 atom stereocenters. The number of rotatable bonds is 2. The van der Waals surface area contributed by atoms with Crippen molar-refractivity contribution in [2.45, 2.75) is 0 Å². The summed E-state index contributed by atoms with van der Waals surface area (Å²) in [4.78, 5) is 12.1. The van der Waals surface area contributed by atoms with Crippen LogP contribution in [0.3, 0.4) is 0 Å². The molecule has 0 unspecified atom stereocenters. The van der Waals surface area contributed by atoms with Crippen LogP contribution in [-0.2, 0) is 0 Å². The zero-order chi connectivity index (χ0) is 11.5. The number of thiophene rings is 1. The van der Waals surface area contributed by atoms with E-state index >= 15 is 0 Å². The van der Waals surface area contributed by atoms with Crippen LogP contribution in [0.4, 0.5) is 10.1 Å². The molecule has 0 aliphatic heterocycles. The quantitative estimate of drug-likeness (QED) is 0.869. The SMILES string of the molecule is O=C(Nc1ccccc1F)c1cc(Cl)cs1. The monoisotopic (exact) mass is 255 g/mol. The van der Waals surface area contributed by atoms with Crippen molar-refractivity contribution in [2.24, 2.45) is 0 Å². The standard InChI is InChI=1S/C11H7ClFNOS/c12-7-5-10(16-6-7)11(15)14-9-4-2-1-3-8(9)13/h1-6H,(H,14,15). The van der Waals surface area contributed by atoms with E-state index in [1.807, 2.05) is 0 Å². The lowest BCUT2D eigenvalue weighted by Crippen LogP contribution is -2.11. The molecule has 2 nitrogen and oxygen atoms in total. The van der Waals surface area contributed by atoms with Gasteiger partial charge in [-0.25, -0.2) is 4.39 Å². The van der Waals surface area contributed by atoms with E-state index in [2.05, 4.69) is 5.32 Å². The summed E-state index contributed by atoms with van der Waals surface area (Å²) in [6.07, 6.45) is 0. The molecule has 5 heteroatoms. The van der Waals surface area contributed by atoms with Crippen LogP contribution in [0.1, 0.15) is 9.67 Å². The van der Waals surface area contributed by atoms with Gasteiger partial charge >= 0.3 is 0 Å². The fourth-order valence-electron chi connectivity index (χ4n) is 1.18. The van der Waals surface area contributed by atoms with E-state index in [1.165, 1.54) is 23.5 Å². The Hall–Kier alpha value is -1.39. The van der Waals surface area contributed by atoms with Gasteiger partial charge in [0.2, 0.25) is 0 Å². The molecular formula is C11H7ClFNOS. The number of para-hydroxylation sites is 1. The predicted octanol–water partition coefficient (Wildman–Crippen LogP) is 3.79. The van der Waals surface area contributed by atoms with E-state index in [0.717, 1.165) is 0 Å². The summed E-state index contributed by atoms with van der Waals surface area (Å²) in [6, 6.07) is 7.55. The van der Waals surface area contributed by atoms with Gasteiger partial charge in [-0.05, 0) is 18.2 Å². The predicted molar refractivity (Wildman–Crippen MR) is 63.7 cm³/mol. The largest absolute Gasteiger partial charge is 0.319 e. The second kappa shape index (κ2) is 4.63. The van der Waals surface area contributed by atoms with E-state index in [4.69, 9.17) is 11.6 Å². The highest BCUT2D eigenvalue weighted by molar-refractivity contribution is 7.12. The maximum absolute atomic E-state index is 13.2. The Kier molecular flexibility index (Phi) is 3.22. The third-order valence-electron chi connectivity index (χ3n) is 1.91. The van der Waals surface area contributed by atoms with Gasteiger partial charge < -0.3 is 5.32 Å². The summed E-state index contributed by atoms with van der Waals surface area (Å²) >= 11 is 6.91. The average molecular weight is 256 g/mol. The van der Waals surface area contributed by atoms with Crippen molar-refractivity contribution in [3.05, 3.63) is 51.4 Å². The Morgan fingerprint density at radius 1 is 1.38 bits per heavy atom. The van der Waals surface area contributed by atoms with Crippen molar-refractivity contribution in [1.82, 2.24) is 0 Å². The number of halogens is 2. The van der Waals surface area contributed by atoms with Gasteiger partial charge in [0.05, 0.1) is 15.6 Å². The molecule has 1 aromatic carbocycles. The number of hydrogen-bond donors (Lipinski definition) is 1. The number of carbonyl (C=O) groups excluding carboxylic acids is 1. The summed E-state index contributed by atoms with van der Waals surface area (Å²) < 4.78 is 13.2. The molecule has 0 fully saturated rings. The molecule has 82 valence electrons. The van der Waals surface area contributed by atoms with Crippen LogP contribution in [0, 0.1) is 5.82 Å². The Morgan fingerprint density at radius 2 is 2.12 bits per heavy atom. The highest BCUT2D eigenvalue weighted by Crippen LogP contribution is 2.21. The van der Waals surface area contributed by atoms with Crippen molar-refractivity contribution in [1.29, 1.82) is 0 Å². The lowest BCUT2D eigenvalue weighted by atomic mass is 10.3. The van der Waals surface area contributed by atoms with Gasteiger partial charge in [-0.1, -0.05) is 23.7 Å². The van der Waals surface area contributed by atoms with Gasteiger partial charge in [-0.3, -0.25) is 4.79 Å². The minimum atomic E-state index is -0.460. The average Bonchev–Trinajstić information content (AvgIpc) is 2.68. The number of carbonyl (C=O) groups is 1. The van der Waals surface area contributed by atoms with Crippen LogP contribution in [0.5, 0.6) is 0 Å². The molecule has 0 bridgehead atoms. The van der Waals surface area contributed by atoms with Gasteiger partial charge in [-0.15, -0.1) is 11.3 Å². The Morgan fingerprint density at radius 3 is 2.75 bits per heavy atom. The summed E-state index contributed by atoms with van der Waals surface area (Å²) in [5, 5.41) is 4.63. The number of amides is 1. The molecule has 0 spiro atoms. The third-order valence-corrected chi connectivity index (χ3v) is 3.19. The molecule has 2 rings (SSSR count). The molecule has 0 aliphatic carbocycles. The van der Waals surface area contributed by atoms with Crippen molar-refractivity contribution in [3.8, 4) is 0 Å². The topological polar surface area (TPSA) is 29.1 Å². The Bertz CT molecular complexity index is 526. The van der Waals surface area contributed by atoms with Gasteiger partial charge in [-0.2, -0.15) is 0 Å². The van der Waals surface area contributed by atoms with Crippen molar-refractivity contribution < 1.29 is 9.18 Å². The van der Waals surface area contributed by atoms with Crippen LogP contribution in [-0.4, -0.2) is 5.91 Å². The second-order valence-electron chi connectivity index (χ2n) is 3.06. The lowest BCUT2D eigenvalue weighted by Gasteiger charge is -2.03. The van der Waals surface area contributed by atoms with E-state index in [1.54, 1.807) is 23.6 Å². The molecular weight excluding hydrogens is 249 g/mol. The number of nitrogens with one attached hydrogen (secondary N) is 1. The number of anilines is 1. The molecule has 1 heterocycles. The molecule has 1 amide bonds. The summed E-state index contributed by atoms with van der Waals surface area (Å²) in [7, 11) is 0. The molecule has 1 N–H and O–H groups in total. The molecule has 0 saturated heterocycles. The van der Waals surface area contributed by atoms with Crippen LogP contribution < -0.4 is 5.32 Å². The van der Waals surface area contributed by atoms with E-state index in [0.29, 0.717) is 9.90 Å². The van der Waals surface area contributed by atoms with Crippen molar-refractivity contribution in [2.75, 3.05) is 5.32 Å². The maximum atomic E-state index is 13.2. The van der Waals surface area contributed by atoms with E-state index < -0.39 is 5.82 Å². The molecule has 0 saturated carbocycles. The minimum Gasteiger partial charge on any atom is -0.319 e. The maximum Gasteiger partial charge on any atom is 0.265 e. The summed E-state index contributed by atoms with van der Waals surface area (Å²) in [6.45, 7) is 0. The molecule has 1 aromatic heterocycles. The Balaban J connectivity index is 2.17. The first-order valence-electron chi connectivity index (χ1n) is 4.47. The highest BCUT2D eigenvalue weighted by Gasteiger charge is 2.10. The smallest absolute Gasteiger partial charge is 0.265 e. The van der Waals surface area contributed by atoms with Gasteiger partial charge in [0.15, 0.2) is 0 Å². The van der Waals surface area contributed by atoms with Crippen LogP contribution >= 0.6 is 22.9 Å². The number of benzene rings is 1. The van der Waals surface area contributed by atoms with E-state index in [-0.39, 0.29) is 11.6 Å². The Labute approximate surface area is 101 Å². The normalized spacial score (nSPS) is 10.1. The molecule has 2 aromatic rings. The number of hydrogen-bond acceptors (Lipinski definition) is 2. The van der Waals surface area contributed by atoms with Gasteiger partial charge in [0.1, 0.15) is 5.82 Å². The summed E-state index contributed by atoms with van der Waals surface area (Å²) in [5.41, 5.74) is 0.164. The summed E-state index contributed by atoms with van der Waals surface area (Å²) in [5.74, 6) is -0.819. The van der Waals surface area contributed by atoms with Crippen LogP contribution in [0.25, 0.3) is 0 Å². The molecule has 0 aliphatic rings. The first-order valence-corrected chi connectivity index (χ1v) is 5.72. The zero-order valence-electron chi connectivity index (χ0n) is 8.04. The van der Waals surface area contributed by atoms with Gasteiger partial charge in [0.25, 0.3) is 5.91 Å². The first kappa shape index (κ1) is 11.1. The first-order chi connectivity index (χ1) is 7.66. The molecule has 16 heavy (non-hydrogen) atoms. The van der Waals surface area contributed by atoms with Crippen molar-refractivity contribution >= 4 is 34.5 Å². The van der Waals surface area contributed by atoms with Crippen LogP contribution in [0.15, 0.2) is 35.7 Å². The van der Waals surface area contributed by atoms with Gasteiger partial charge in [0, 0.05) is 5.38 Å². The third kappa shape index (κ3) is 2.40. The zero-order valence-corrected chi connectivity index (χ0v) is 9.61. The lowest BCUT2D eigenvalue weighted by molar-refractivity contribution is 0.103. The second-order valence-corrected chi connectivity index (χ2v) is 4.41. The fourth-order valence-corrected chi connectivity index (χ4v) is 2.15. The molecule has 0 radical (unpaired) electrons.